The van der Waals surface area contributed by atoms with Crippen LogP contribution in [0.15, 0.2) is 108 Å². The number of carbonyl (C=O) groups is 3. The quantitative estimate of drug-likeness (QED) is 0.0525. The molecule has 10 N–H and O–H groups in total. The van der Waals surface area contributed by atoms with E-state index in [4.69, 9.17) is 15.2 Å². The third-order valence-corrected chi connectivity index (χ3v) is 35.3. The van der Waals surface area contributed by atoms with Gasteiger partial charge in [0.25, 0.3) is 5.91 Å². The first kappa shape index (κ1) is 83.0. The van der Waals surface area contributed by atoms with Crippen LogP contribution in [0.25, 0.3) is 0 Å². The van der Waals surface area contributed by atoms with Gasteiger partial charge in [0, 0.05) is 36.6 Å². The Kier molecular flexibility index (Phi) is 21.9. The lowest BCUT2D eigenvalue weighted by Crippen LogP contribution is -2.68. The Morgan fingerprint density at radius 1 is 0.550 bits per heavy atom. The first-order valence-corrected chi connectivity index (χ1v) is 42.6. The zero-order chi connectivity index (χ0) is 80.5. The Labute approximate surface area is 663 Å². The second-order valence-electron chi connectivity index (χ2n) is 41.6. The molecule has 8 saturated carbocycles. The molecule has 0 aromatic carbocycles. The van der Waals surface area contributed by atoms with Gasteiger partial charge in [-0.1, -0.05) is 118 Å². The van der Waals surface area contributed by atoms with E-state index in [0.717, 1.165) is 51.4 Å². The number of carbonyl (C=O) groups excluding carboxylic acids is 1. The number of allylic oxidation sites excluding steroid dienone is 10. The average Bonchev–Trinajstić information content (AvgIpc) is 1.44. The third-order valence-electron chi connectivity index (χ3n) is 35.3. The number of pyridine rings is 2. The number of aliphatic hydroxyl groups excluding tert-OH is 2. The van der Waals surface area contributed by atoms with Gasteiger partial charge in [0.2, 0.25) is 11.8 Å². The molecule has 0 aliphatic heterocycles. The number of rotatable bonds is 21. The molecule has 2 aromatic rings. The highest BCUT2D eigenvalue weighted by molar-refractivity contribution is 5.95. The average molecular weight is 1530 g/mol. The summed E-state index contributed by atoms with van der Waals surface area (Å²) in [5, 5.41) is 79.8. The molecule has 0 spiro atoms. The lowest BCUT2D eigenvalue weighted by atomic mass is 9.33. The first-order valence-electron chi connectivity index (χ1n) is 42.6. The fourth-order valence-corrected chi connectivity index (χ4v) is 28.8. The number of nitrogens with one attached hydrogen (secondary N) is 2. The van der Waals surface area contributed by atoms with E-state index >= 15 is 0 Å². The smallest absolute Gasteiger partial charge is 0.313 e. The zero-order valence-corrected chi connectivity index (χ0v) is 69.8. The topological polar surface area (TPSA) is 291 Å². The number of nitrogens with zero attached hydrogens (tertiary/aromatic N) is 3. The molecule has 0 bridgehead atoms. The van der Waals surface area contributed by atoms with Crippen molar-refractivity contribution in [1.29, 1.82) is 5.26 Å². The van der Waals surface area contributed by atoms with E-state index in [1.165, 1.54) is 104 Å². The second-order valence-corrected chi connectivity index (χ2v) is 41.6. The molecular formula is C94H136N6O11. The highest BCUT2D eigenvalue weighted by Gasteiger charge is 2.73. The molecule has 1 amide bonds. The number of hydrogen-bond acceptors (Lipinski definition) is 14. The fraction of sp³-hybridized carbons (Fsp3) is 0.723. The summed E-state index contributed by atoms with van der Waals surface area (Å²) in [6.07, 6.45) is 36.4. The predicted molar refractivity (Wildman–Crippen MR) is 434 cm³/mol. The molecule has 2 aromatic heterocycles. The van der Waals surface area contributed by atoms with Crippen molar-refractivity contribution in [3.8, 4) is 17.8 Å². The van der Waals surface area contributed by atoms with Crippen LogP contribution < -0.4 is 25.8 Å². The zero-order valence-electron chi connectivity index (χ0n) is 69.8. The molecule has 17 heteroatoms. The normalized spacial score (nSPS) is 41.3. The molecule has 0 radical (unpaired) electrons. The molecule has 17 nitrogen and oxygen atoms in total. The molecule has 608 valence electrons. The van der Waals surface area contributed by atoms with Gasteiger partial charge >= 0.3 is 11.9 Å². The SMILES string of the molecule is C=C(C)[C@@H]1CC[C@]2(NC[C@@](C)(O)CO)CC[C@]3(C)[C@H](CC[C@@H]4[C@@]5(C)CC=C(C6=CC[C@](COc7ncccc7C#N)(C(=O)O)CC6)C(C)(C)[C@@H]5CC[C@]43C)[C@@H]12.C=C(C)[C@@H]1CC[C@]2(NC[C@@](C)(O)CO)CC[C@]3(C)[C@H](CC[C@@H]4[C@@]5(C)CC=C(C6=CC[C@](COc7ncccc7C(N)=O)(C(=O)O)CC6)C(C)(C)[C@@H]5CC[C@]43C)[C@@H]12. The second kappa shape index (κ2) is 29.3. The van der Waals surface area contributed by atoms with Crippen molar-refractivity contribution in [2.45, 2.75) is 273 Å². The van der Waals surface area contributed by atoms with Crippen molar-refractivity contribution in [2.75, 3.05) is 39.5 Å². The van der Waals surface area contributed by atoms with Crippen LogP contribution in [0.1, 0.15) is 267 Å². The van der Waals surface area contributed by atoms with Crippen LogP contribution in [0, 0.1) is 125 Å². The van der Waals surface area contributed by atoms with Crippen LogP contribution >= 0.6 is 0 Å². The molecule has 12 aliphatic rings. The van der Waals surface area contributed by atoms with Crippen molar-refractivity contribution >= 4 is 17.8 Å². The van der Waals surface area contributed by atoms with Crippen LogP contribution in [0.4, 0.5) is 0 Å². The van der Waals surface area contributed by atoms with Crippen LogP contribution in [-0.4, -0.2) is 120 Å². The Morgan fingerprint density at radius 3 is 1.34 bits per heavy atom. The number of aliphatic carboxylic acids is 2. The first-order chi connectivity index (χ1) is 52.0. The number of primary amides is 1. The fourth-order valence-electron chi connectivity index (χ4n) is 28.8. The summed E-state index contributed by atoms with van der Waals surface area (Å²) in [5.74, 6) is 3.15. The largest absolute Gasteiger partial charge is 0.481 e. The molecule has 0 unspecified atom stereocenters. The number of nitriles is 1. The summed E-state index contributed by atoms with van der Waals surface area (Å²) in [5.41, 5.74) is 10.4. The van der Waals surface area contributed by atoms with Crippen molar-refractivity contribution in [1.82, 2.24) is 20.6 Å². The summed E-state index contributed by atoms with van der Waals surface area (Å²) in [7, 11) is 0. The molecule has 111 heavy (non-hydrogen) atoms. The van der Waals surface area contributed by atoms with E-state index in [9.17, 15) is 50.3 Å². The Balaban J connectivity index is 0.000000195. The van der Waals surface area contributed by atoms with Crippen LogP contribution in [-0.2, 0) is 9.59 Å². The van der Waals surface area contributed by atoms with E-state index in [2.05, 4.69) is 147 Å². The van der Waals surface area contributed by atoms with Gasteiger partial charge in [0.05, 0.1) is 24.4 Å². The maximum atomic E-state index is 12.8. The summed E-state index contributed by atoms with van der Waals surface area (Å²) in [4.78, 5) is 45.9. The standard InChI is InChI=1S/C47H69N3O6.C47H67N3O5/c1-29(2)31-15-22-47(50-26-42(5,55)27-51)24-23-44(7)34(37(31)47)11-12-36-43(6)18-16-33(41(3,4)35(43)17-19-45(36,44)8)30-13-20-46(21-14-30,40(53)54)28-56-39-32(38(48)52)10-9-25-49-39;1-30(2)33-15-22-47(50-27-42(5,54)28-51)24-23-44(7)35(38(33)47)11-12-37-43(6)18-16-34(41(3,4)36(43)17-19-45(37,44)8)31-13-20-46(21-14-31,40(52)53)29-55-39-32(26-48)10-9-25-49-39/h9-10,13,16,25,31,34-37,50-51,55H,1,11-12,14-15,17-24,26-28H2,2-8H3,(H2,48,52)(H,53,54);9-10,13,16,25,33,35-38,50-51,54H,1,11-12,14-15,17-24,27-29H2,2-8H3,(H,52,53)/t31-,34+,35-,36+,37+,42+,43-,44+,45+,46-,47-;33-,35+,36-,37+,38+,42+,43-,44+,45+,46-,47-/m00/s1. The maximum Gasteiger partial charge on any atom is 0.313 e. The number of amides is 1. The van der Waals surface area contributed by atoms with Crippen molar-refractivity contribution in [3.63, 3.8) is 0 Å². The van der Waals surface area contributed by atoms with Gasteiger partial charge in [-0.05, 0) is 331 Å². The van der Waals surface area contributed by atoms with Crippen LogP contribution in [0.5, 0.6) is 11.8 Å². The summed E-state index contributed by atoms with van der Waals surface area (Å²) < 4.78 is 11.9. The number of hydrogen-bond donors (Lipinski definition) is 9. The number of aliphatic hydroxyl groups is 4. The monoisotopic (exact) mass is 1530 g/mol. The number of carboxylic acids is 2. The van der Waals surface area contributed by atoms with Gasteiger partial charge in [0.1, 0.15) is 41.2 Å². The maximum absolute atomic E-state index is 12.8. The minimum Gasteiger partial charge on any atom is -0.481 e. The lowest BCUT2D eigenvalue weighted by Gasteiger charge is -2.72. The van der Waals surface area contributed by atoms with E-state index in [1.54, 1.807) is 44.3 Å². The molecule has 0 saturated heterocycles. The van der Waals surface area contributed by atoms with E-state index < -0.39 is 39.9 Å². The molecule has 22 atom stereocenters. The van der Waals surface area contributed by atoms with Gasteiger partial charge in [0.15, 0.2) is 0 Å². The third kappa shape index (κ3) is 13.4. The van der Waals surface area contributed by atoms with Crippen molar-refractivity contribution in [3.05, 3.63) is 119 Å². The highest BCUT2D eigenvalue weighted by Crippen LogP contribution is 2.79. The van der Waals surface area contributed by atoms with Gasteiger partial charge in [-0.2, -0.15) is 5.26 Å². The summed E-state index contributed by atoms with van der Waals surface area (Å²) in [6, 6.07) is 8.57. The lowest BCUT2D eigenvalue weighted by molar-refractivity contribution is -0.221. The number of β-amino-alcohol motifs (C(OH)–C–C–N with tert-alkyl or cyclic N) is 2. The minimum atomic E-state index is -1.14. The van der Waals surface area contributed by atoms with E-state index in [-0.39, 0.29) is 98.1 Å². The Hall–Kier alpha value is -6.00. The van der Waals surface area contributed by atoms with E-state index in [0.29, 0.717) is 116 Å². The van der Waals surface area contributed by atoms with Crippen molar-refractivity contribution in [2.24, 2.45) is 119 Å². The molecule has 2 heterocycles. The molecule has 12 aliphatic carbocycles. The molecule has 8 fully saturated rings. The number of carboxylic acid groups (broad SMARTS) is 2. The molecular weight excluding hydrogens is 1390 g/mol. The van der Waals surface area contributed by atoms with Crippen LogP contribution in [0.3, 0.4) is 0 Å². The Bertz CT molecular complexity index is 4140. The minimum absolute atomic E-state index is 0.0183. The number of nitrogens with two attached hydrogens (primary N) is 1. The summed E-state index contributed by atoms with van der Waals surface area (Å²) in [6.45, 7) is 42.9. The number of aromatic nitrogens is 2. The summed E-state index contributed by atoms with van der Waals surface area (Å²) >= 11 is 0. The van der Waals surface area contributed by atoms with Crippen molar-refractivity contribution < 1.29 is 54.5 Å². The van der Waals surface area contributed by atoms with Gasteiger partial charge in [-0.15, -0.1) is 0 Å². The molecule has 14 rings (SSSR count). The number of fused-ring (bicyclic) bond motifs is 14. The van der Waals surface area contributed by atoms with E-state index in [1.807, 2.05) is 0 Å². The van der Waals surface area contributed by atoms with Crippen LogP contribution in [0.2, 0.25) is 0 Å². The van der Waals surface area contributed by atoms with Gasteiger partial charge in [-0.3, -0.25) is 14.4 Å². The van der Waals surface area contributed by atoms with Gasteiger partial charge < -0.3 is 56.5 Å². The number of ether oxygens (including phenoxy) is 2. The van der Waals surface area contributed by atoms with Gasteiger partial charge in [-0.25, -0.2) is 9.97 Å². The highest BCUT2D eigenvalue weighted by atomic mass is 16.5. The predicted octanol–water partition coefficient (Wildman–Crippen LogP) is 16.8. The Morgan fingerprint density at radius 2 is 0.964 bits per heavy atom.